The van der Waals surface area contributed by atoms with Crippen LogP contribution in [0, 0.1) is 0 Å². The van der Waals surface area contributed by atoms with Gasteiger partial charge in [-0.15, -0.1) is 0 Å². The molecule has 0 heterocycles. The predicted molar refractivity (Wildman–Crippen MR) is 96.8 cm³/mol. The third-order valence-corrected chi connectivity index (χ3v) is 0. The van der Waals surface area contributed by atoms with Crippen molar-refractivity contribution in [3.05, 3.63) is 0 Å². The van der Waals surface area contributed by atoms with E-state index < -0.39 is 0 Å². The molecule has 0 unspecified atom stereocenters. The first-order chi connectivity index (χ1) is 0. The van der Waals surface area contributed by atoms with E-state index in [0.717, 1.165) is 0 Å². The SMILES string of the molecule is [SnH2].[SnH2].[SnH2].[SnH2].[SnH2].[SnH2].[SnH2].[SnH2].[SnH2].[SnH3].[SnH3]. The molecule has 0 aliphatic rings. The zero-order chi connectivity index (χ0) is 0. The van der Waals surface area contributed by atoms with Gasteiger partial charge in [-0.3, -0.25) is 0 Å². The second kappa shape index (κ2) is 77.0. The molecule has 0 N–H and O–H groups in total. The van der Waals surface area contributed by atoms with E-state index in [1.807, 2.05) is 0 Å². The van der Waals surface area contributed by atoms with E-state index in [-0.39, 0.29) is 263 Å². The molecule has 68 valence electrons. The Labute approximate surface area is 255 Å². The fraction of sp³-hybridized carbons (Fsp3) is 0. The van der Waals surface area contributed by atoms with Gasteiger partial charge in [0.1, 0.15) is 0 Å². The van der Waals surface area contributed by atoms with Gasteiger partial charge in [0, 0.05) is 0 Å². The summed E-state index contributed by atoms with van der Waals surface area (Å²) in [6.07, 6.45) is 0. The first-order valence-electron chi connectivity index (χ1n) is 0. The molecule has 0 fully saturated rings. The van der Waals surface area contributed by atoms with Crippen LogP contribution in [0.25, 0.3) is 0 Å². The first-order valence-corrected chi connectivity index (χ1v) is 0. The van der Waals surface area contributed by atoms with E-state index in [1.54, 1.807) is 0 Å². The van der Waals surface area contributed by atoms with Crippen molar-refractivity contribution >= 4 is 263 Å². The van der Waals surface area contributed by atoms with E-state index in [0.29, 0.717) is 0 Å². The quantitative estimate of drug-likeness (QED) is 0.212. The Morgan fingerprint density at radius 1 is 0.182 bits per heavy atom. The van der Waals surface area contributed by atoms with Crippen molar-refractivity contribution in [2.75, 3.05) is 0 Å². The van der Waals surface area contributed by atoms with Crippen LogP contribution >= 0.6 is 0 Å². The fourth-order valence-corrected chi connectivity index (χ4v) is 0. The third kappa shape index (κ3) is 68.6. The van der Waals surface area contributed by atoms with Crippen LogP contribution in [0.4, 0.5) is 0 Å². The molecule has 0 rings (SSSR count). The molecule has 0 aliphatic carbocycles. The summed E-state index contributed by atoms with van der Waals surface area (Å²) in [4.78, 5) is 0. The summed E-state index contributed by atoms with van der Waals surface area (Å²) in [6, 6.07) is 0. The molecule has 0 nitrogen and oxygen atoms in total. The Morgan fingerprint density at radius 3 is 0.182 bits per heavy atom. The predicted octanol–water partition coefficient (Wildman–Crippen LogP) is -10.6. The van der Waals surface area contributed by atoms with E-state index in [1.165, 1.54) is 0 Å². The summed E-state index contributed by atoms with van der Waals surface area (Å²) < 4.78 is 0. The zero-order valence-electron chi connectivity index (χ0n) is 8.36. The molecule has 11 heavy (non-hydrogen) atoms. The molecular formula is H24Sn11. The van der Waals surface area contributed by atoms with Crippen LogP contribution < -0.4 is 0 Å². The van der Waals surface area contributed by atoms with E-state index in [4.69, 9.17) is 0 Å². The Balaban J connectivity index is 0. The number of hydrogen-bond acceptors (Lipinski definition) is 0. The van der Waals surface area contributed by atoms with Crippen LogP contribution in [-0.2, 0) is 0 Å². The molecule has 0 amide bonds. The van der Waals surface area contributed by atoms with E-state index in [9.17, 15) is 0 Å². The molecule has 0 spiro atoms. The van der Waals surface area contributed by atoms with Crippen molar-refractivity contribution in [3.8, 4) is 0 Å². The minimum atomic E-state index is 0. The summed E-state index contributed by atoms with van der Waals surface area (Å²) >= 11 is 0. The minimum absolute atomic E-state index is 0. The molecule has 0 saturated carbocycles. The van der Waals surface area contributed by atoms with Gasteiger partial charge in [0.15, 0.2) is 0 Å². The third-order valence-electron chi connectivity index (χ3n) is 0. The standard InChI is InChI=1S/11Sn.24H. The van der Waals surface area contributed by atoms with Crippen LogP contribution in [0.5, 0.6) is 0 Å². The summed E-state index contributed by atoms with van der Waals surface area (Å²) in [5.41, 5.74) is 0. The van der Waals surface area contributed by atoms with Crippen molar-refractivity contribution in [1.82, 2.24) is 0 Å². The molecule has 11 heteroatoms. The number of rotatable bonds is 0. The van der Waals surface area contributed by atoms with E-state index in [2.05, 4.69) is 0 Å². The summed E-state index contributed by atoms with van der Waals surface area (Å²) in [5.74, 6) is 0. The van der Waals surface area contributed by atoms with Gasteiger partial charge in [-0.2, -0.15) is 0 Å². The first kappa shape index (κ1) is 90.5. The van der Waals surface area contributed by atoms with Crippen molar-refractivity contribution in [2.45, 2.75) is 0 Å². The Hall–Kier alpha value is 8.79. The second-order valence-electron chi connectivity index (χ2n) is 0. The second-order valence-corrected chi connectivity index (χ2v) is 0. The average Bonchev–Trinajstić information content (AvgIpc) is 0. The van der Waals surface area contributed by atoms with Gasteiger partial charge in [-0.05, 0) is 0 Å². The summed E-state index contributed by atoms with van der Waals surface area (Å²) in [6.45, 7) is 0. The van der Waals surface area contributed by atoms with Gasteiger partial charge in [0.05, 0.1) is 0 Å². The van der Waals surface area contributed by atoms with Gasteiger partial charge < -0.3 is 0 Å². The maximum atomic E-state index is 0. The number of hydrogen-bond donors (Lipinski definition) is 0. The molecular weight excluding hydrogens is 1310 g/mol. The molecule has 0 bridgehead atoms. The van der Waals surface area contributed by atoms with Crippen molar-refractivity contribution < 1.29 is 0 Å². The van der Waals surface area contributed by atoms with Crippen LogP contribution in [0.3, 0.4) is 0 Å². The Bertz CT molecular complexity index is 0. The average molecular weight is 1330 g/mol. The molecule has 0 saturated heterocycles. The fourth-order valence-electron chi connectivity index (χ4n) is 0. The van der Waals surface area contributed by atoms with Gasteiger partial charge in [0.2, 0.25) is 0 Å². The van der Waals surface area contributed by atoms with Crippen LogP contribution in [0.15, 0.2) is 0 Å². The van der Waals surface area contributed by atoms with Crippen LogP contribution in [-0.4, -0.2) is 263 Å². The zero-order valence-corrected chi connectivity index (χ0v) is 56.1. The van der Waals surface area contributed by atoms with Gasteiger partial charge >= 0.3 is 263 Å². The Kier molecular flexibility index (Phi) is 633. The molecule has 0 aromatic carbocycles. The molecule has 0 aliphatic heterocycles. The van der Waals surface area contributed by atoms with E-state index >= 15 is 0 Å². The Morgan fingerprint density at radius 2 is 0.182 bits per heavy atom. The van der Waals surface area contributed by atoms with Gasteiger partial charge in [0.25, 0.3) is 0 Å². The molecule has 0 aromatic rings. The van der Waals surface area contributed by atoms with Crippen LogP contribution in [0.1, 0.15) is 0 Å². The van der Waals surface area contributed by atoms with Crippen molar-refractivity contribution in [1.29, 1.82) is 0 Å². The van der Waals surface area contributed by atoms with Crippen LogP contribution in [0.2, 0.25) is 0 Å². The molecule has 0 aromatic heterocycles. The van der Waals surface area contributed by atoms with Gasteiger partial charge in [-0.25, -0.2) is 0 Å². The van der Waals surface area contributed by atoms with Crippen molar-refractivity contribution in [3.63, 3.8) is 0 Å². The van der Waals surface area contributed by atoms with Gasteiger partial charge in [-0.1, -0.05) is 0 Å². The molecule has 20 radical (unpaired) electrons. The normalized spacial score (nSPS) is 0. The summed E-state index contributed by atoms with van der Waals surface area (Å²) in [7, 11) is 0. The topological polar surface area (TPSA) is 0 Å². The molecule has 0 atom stereocenters. The monoisotopic (exact) mass is 1340 g/mol. The van der Waals surface area contributed by atoms with Crippen molar-refractivity contribution in [2.24, 2.45) is 0 Å². The summed E-state index contributed by atoms with van der Waals surface area (Å²) in [5, 5.41) is 0. The maximum absolute atomic E-state index is 0.